The summed E-state index contributed by atoms with van der Waals surface area (Å²) in [7, 11) is 0. The zero-order valence-electron chi connectivity index (χ0n) is 8.29. The van der Waals surface area contributed by atoms with Crippen LogP contribution in [-0.2, 0) is 6.42 Å². The fourth-order valence-corrected chi connectivity index (χ4v) is 1.72. The van der Waals surface area contributed by atoms with Crippen molar-refractivity contribution in [3.8, 4) is 0 Å². The van der Waals surface area contributed by atoms with Gasteiger partial charge in [-0.25, -0.2) is 0 Å². The van der Waals surface area contributed by atoms with Gasteiger partial charge in [-0.3, -0.25) is 0 Å². The van der Waals surface area contributed by atoms with Gasteiger partial charge in [0.1, 0.15) is 0 Å². The van der Waals surface area contributed by atoms with Gasteiger partial charge in [0, 0.05) is 4.88 Å². The standard InChI is InChI=1S/C6H8S.C6H8/c1-2-6-4-3-5-7-6;1-6-4-2-3-5-6/h3-5H,2H2,1H3;2-4H,5H2,1H3. The van der Waals surface area contributed by atoms with Crippen LogP contribution in [0, 0.1) is 0 Å². The van der Waals surface area contributed by atoms with Crippen LogP contribution < -0.4 is 0 Å². The lowest BCUT2D eigenvalue weighted by molar-refractivity contribution is 1.19. The van der Waals surface area contributed by atoms with Crippen LogP contribution in [0.5, 0.6) is 0 Å². The fraction of sp³-hybridized carbons (Fsp3) is 0.333. The van der Waals surface area contributed by atoms with Crippen LogP contribution in [0.1, 0.15) is 25.1 Å². The zero-order chi connectivity index (χ0) is 9.52. The molecule has 1 heteroatoms. The van der Waals surface area contributed by atoms with Gasteiger partial charge in [-0.2, -0.15) is 0 Å². The summed E-state index contributed by atoms with van der Waals surface area (Å²) < 4.78 is 0. The van der Waals surface area contributed by atoms with Gasteiger partial charge in [0.25, 0.3) is 0 Å². The molecule has 0 radical (unpaired) electrons. The molecule has 0 amide bonds. The minimum atomic E-state index is 1.17. The second-order valence-corrected chi connectivity index (χ2v) is 4.11. The van der Waals surface area contributed by atoms with E-state index in [9.17, 15) is 0 Å². The Balaban J connectivity index is 0.000000132. The molecule has 13 heavy (non-hydrogen) atoms. The Hall–Kier alpha value is -0.820. The summed E-state index contributed by atoms with van der Waals surface area (Å²) in [6.45, 7) is 4.31. The highest BCUT2D eigenvalue weighted by Crippen LogP contribution is 2.07. The van der Waals surface area contributed by atoms with Gasteiger partial charge in [-0.15, -0.1) is 11.3 Å². The van der Waals surface area contributed by atoms with Crippen LogP contribution in [0.15, 0.2) is 41.3 Å². The molecule has 2 rings (SSSR count). The van der Waals surface area contributed by atoms with E-state index < -0.39 is 0 Å². The Labute approximate surface area is 84.6 Å². The molecule has 0 saturated carbocycles. The normalized spacial score (nSPS) is 13.5. The lowest BCUT2D eigenvalue weighted by Crippen LogP contribution is -1.63. The molecule has 70 valence electrons. The first-order chi connectivity index (χ1) is 6.33. The first kappa shape index (κ1) is 10.3. The molecule has 1 aliphatic carbocycles. The van der Waals surface area contributed by atoms with E-state index in [1.54, 1.807) is 0 Å². The van der Waals surface area contributed by atoms with E-state index in [0.717, 1.165) is 0 Å². The summed E-state index contributed by atoms with van der Waals surface area (Å²) in [4.78, 5) is 1.47. The quantitative estimate of drug-likeness (QED) is 0.625. The molecule has 1 aliphatic rings. The number of thiophene rings is 1. The van der Waals surface area contributed by atoms with Gasteiger partial charge >= 0.3 is 0 Å². The highest BCUT2D eigenvalue weighted by molar-refractivity contribution is 7.09. The molecule has 0 fully saturated rings. The van der Waals surface area contributed by atoms with Crippen molar-refractivity contribution in [3.63, 3.8) is 0 Å². The van der Waals surface area contributed by atoms with Crippen LogP contribution in [0.25, 0.3) is 0 Å². The second kappa shape index (κ2) is 5.76. The molecule has 1 aromatic heterocycles. The van der Waals surface area contributed by atoms with Crippen molar-refractivity contribution in [1.29, 1.82) is 0 Å². The first-order valence-electron chi connectivity index (χ1n) is 4.67. The number of hydrogen-bond donors (Lipinski definition) is 0. The van der Waals surface area contributed by atoms with Gasteiger partial charge in [0.15, 0.2) is 0 Å². The van der Waals surface area contributed by atoms with Crippen molar-refractivity contribution in [2.45, 2.75) is 26.7 Å². The van der Waals surface area contributed by atoms with Crippen molar-refractivity contribution in [2.24, 2.45) is 0 Å². The molecule has 0 aromatic carbocycles. The van der Waals surface area contributed by atoms with E-state index in [-0.39, 0.29) is 0 Å². The van der Waals surface area contributed by atoms with Gasteiger partial charge in [-0.05, 0) is 31.2 Å². The predicted octanol–water partition coefficient (Wildman–Crippen LogP) is 4.20. The molecule has 0 nitrogen and oxygen atoms in total. The van der Waals surface area contributed by atoms with Gasteiger partial charge in [0.05, 0.1) is 0 Å². The summed E-state index contributed by atoms with van der Waals surface area (Å²) >= 11 is 1.82. The Bertz CT molecular complexity index is 278. The SMILES string of the molecule is CC1=CC=CC1.CCc1cccs1. The average Bonchev–Trinajstić information content (AvgIpc) is 2.76. The first-order valence-corrected chi connectivity index (χ1v) is 5.55. The van der Waals surface area contributed by atoms with Gasteiger partial charge in [0.2, 0.25) is 0 Å². The summed E-state index contributed by atoms with van der Waals surface area (Å²) in [5.74, 6) is 0. The van der Waals surface area contributed by atoms with E-state index in [1.165, 1.54) is 23.3 Å². The summed E-state index contributed by atoms with van der Waals surface area (Å²) in [6, 6.07) is 4.24. The Kier molecular flexibility index (Phi) is 4.55. The molecule has 0 aliphatic heterocycles. The summed E-state index contributed by atoms with van der Waals surface area (Å²) in [5, 5.41) is 2.11. The van der Waals surface area contributed by atoms with Crippen molar-refractivity contribution in [2.75, 3.05) is 0 Å². The topological polar surface area (TPSA) is 0 Å². The second-order valence-electron chi connectivity index (χ2n) is 3.08. The lowest BCUT2D eigenvalue weighted by Gasteiger charge is -1.78. The Morgan fingerprint density at radius 3 is 2.54 bits per heavy atom. The largest absolute Gasteiger partial charge is 0.149 e. The maximum Gasteiger partial charge on any atom is 0.00424 e. The molecule has 0 N–H and O–H groups in total. The van der Waals surface area contributed by atoms with Crippen molar-refractivity contribution in [1.82, 2.24) is 0 Å². The molecule has 0 bridgehead atoms. The monoisotopic (exact) mass is 192 g/mol. The van der Waals surface area contributed by atoms with Crippen LogP contribution in [0.2, 0.25) is 0 Å². The highest BCUT2D eigenvalue weighted by atomic mass is 32.1. The van der Waals surface area contributed by atoms with E-state index in [2.05, 4.69) is 49.6 Å². The van der Waals surface area contributed by atoms with Crippen molar-refractivity contribution < 1.29 is 0 Å². The summed E-state index contributed by atoms with van der Waals surface area (Å²) in [5.41, 5.74) is 1.47. The Morgan fingerprint density at radius 2 is 2.31 bits per heavy atom. The molecule has 0 saturated heterocycles. The minimum absolute atomic E-state index is 1.17. The van der Waals surface area contributed by atoms with Gasteiger partial charge < -0.3 is 0 Å². The maximum atomic E-state index is 2.17. The van der Waals surface area contributed by atoms with Crippen LogP contribution in [-0.4, -0.2) is 0 Å². The minimum Gasteiger partial charge on any atom is -0.149 e. The Morgan fingerprint density at radius 1 is 1.46 bits per heavy atom. The number of rotatable bonds is 1. The number of aryl methyl sites for hydroxylation is 1. The van der Waals surface area contributed by atoms with Crippen LogP contribution >= 0.6 is 11.3 Å². The van der Waals surface area contributed by atoms with Crippen molar-refractivity contribution in [3.05, 3.63) is 46.2 Å². The summed E-state index contributed by atoms with van der Waals surface area (Å²) in [6.07, 6.45) is 8.74. The number of allylic oxidation sites excluding steroid dienone is 4. The number of hydrogen-bond acceptors (Lipinski definition) is 1. The van der Waals surface area contributed by atoms with Crippen LogP contribution in [0.3, 0.4) is 0 Å². The molecular formula is C12H16S. The third kappa shape index (κ3) is 4.09. The van der Waals surface area contributed by atoms with E-state index >= 15 is 0 Å². The maximum absolute atomic E-state index is 2.17. The highest BCUT2D eigenvalue weighted by Gasteiger charge is 1.86. The van der Waals surface area contributed by atoms with Crippen LogP contribution in [0.4, 0.5) is 0 Å². The lowest BCUT2D eigenvalue weighted by atomic mass is 10.3. The predicted molar refractivity (Wildman–Crippen MR) is 61.2 cm³/mol. The van der Waals surface area contributed by atoms with E-state index in [1.807, 2.05) is 11.3 Å². The fourth-order valence-electron chi connectivity index (χ4n) is 1.07. The third-order valence-corrected chi connectivity index (χ3v) is 2.91. The average molecular weight is 192 g/mol. The smallest absolute Gasteiger partial charge is 0.00424 e. The molecule has 0 spiro atoms. The molecule has 1 aromatic rings. The zero-order valence-corrected chi connectivity index (χ0v) is 9.10. The molecular weight excluding hydrogens is 176 g/mol. The third-order valence-electron chi connectivity index (χ3n) is 1.89. The molecule has 1 heterocycles. The van der Waals surface area contributed by atoms with Gasteiger partial charge in [-0.1, -0.05) is 36.8 Å². The molecule has 0 atom stereocenters. The van der Waals surface area contributed by atoms with E-state index in [4.69, 9.17) is 0 Å². The van der Waals surface area contributed by atoms with Crippen molar-refractivity contribution >= 4 is 11.3 Å². The molecule has 0 unspecified atom stereocenters. The van der Waals surface area contributed by atoms with E-state index in [0.29, 0.717) is 0 Å².